The molecule has 1 aliphatic rings. The number of nitrogens with zero attached hydrogens (tertiary/aromatic N) is 1. The highest BCUT2D eigenvalue weighted by molar-refractivity contribution is 4.85. The second kappa shape index (κ2) is 4.52. The molecule has 0 radical (unpaired) electrons. The smallest absolute Gasteiger partial charge is 0.0196 e. The standard InChI is InChI=1S/C9H18N2/c1-3-4-6-11-7-5-10-8-9(11)2/h3-4,9-10H,5-8H2,1-2H3/b4-3+. The van der Waals surface area contributed by atoms with Gasteiger partial charge in [0, 0.05) is 32.2 Å². The molecule has 1 saturated heterocycles. The first kappa shape index (κ1) is 8.75. The largest absolute Gasteiger partial charge is 0.314 e. The van der Waals surface area contributed by atoms with Crippen molar-refractivity contribution in [3.63, 3.8) is 0 Å². The van der Waals surface area contributed by atoms with Gasteiger partial charge in [-0.1, -0.05) is 12.2 Å². The second-order valence-corrected chi connectivity index (χ2v) is 3.12. The zero-order valence-electron chi connectivity index (χ0n) is 7.51. The van der Waals surface area contributed by atoms with Crippen molar-refractivity contribution in [1.82, 2.24) is 10.2 Å². The van der Waals surface area contributed by atoms with Gasteiger partial charge in [-0.05, 0) is 13.8 Å². The number of hydrogen-bond donors (Lipinski definition) is 1. The molecule has 0 amide bonds. The first-order valence-electron chi connectivity index (χ1n) is 4.40. The molecule has 2 heteroatoms. The summed E-state index contributed by atoms with van der Waals surface area (Å²) in [6.07, 6.45) is 4.34. The van der Waals surface area contributed by atoms with Crippen LogP contribution in [0.4, 0.5) is 0 Å². The summed E-state index contributed by atoms with van der Waals surface area (Å²) in [7, 11) is 0. The van der Waals surface area contributed by atoms with Crippen LogP contribution in [0.2, 0.25) is 0 Å². The van der Waals surface area contributed by atoms with E-state index in [2.05, 4.69) is 36.2 Å². The lowest BCUT2D eigenvalue weighted by molar-refractivity contribution is 0.192. The van der Waals surface area contributed by atoms with Crippen molar-refractivity contribution in [2.45, 2.75) is 19.9 Å². The maximum atomic E-state index is 3.38. The van der Waals surface area contributed by atoms with Crippen LogP contribution in [0.15, 0.2) is 12.2 Å². The number of piperazine rings is 1. The molecule has 0 aromatic rings. The Balaban J connectivity index is 2.29. The molecular formula is C9H18N2. The number of hydrogen-bond acceptors (Lipinski definition) is 2. The molecule has 1 rings (SSSR count). The zero-order valence-corrected chi connectivity index (χ0v) is 7.51. The van der Waals surface area contributed by atoms with Gasteiger partial charge in [-0.3, -0.25) is 4.90 Å². The summed E-state index contributed by atoms with van der Waals surface area (Å²) in [6, 6.07) is 0.694. The van der Waals surface area contributed by atoms with E-state index in [1.807, 2.05) is 0 Å². The van der Waals surface area contributed by atoms with E-state index in [1.54, 1.807) is 0 Å². The molecule has 0 saturated carbocycles. The van der Waals surface area contributed by atoms with Gasteiger partial charge in [0.25, 0.3) is 0 Å². The van der Waals surface area contributed by atoms with E-state index in [1.165, 1.54) is 6.54 Å². The summed E-state index contributed by atoms with van der Waals surface area (Å²) in [5.74, 6) is 0. The maximum Gasteiger partial charge on any atom is 0.0196 e. The van der Waals surface area contributed by atoms with Gasteiger partial charge in [0.1, 0.15) is 0 Å². The van der Waals surface area contributed by atoms with E-state index in [0.29, 0.717) is 6.04 Å². The molecule has 0 aliphatic carbocycles. The SMILES string of the molecule is C/C=C/CN1CCNCC1C. The summed E-state index contributed by atoms with van der Waals surface area (Å²) in [5.41, 5.74) is 0. The molecular weight excluding hydrogens is 136 g/mol. The van der Waals surface area contributed by atoms with E-state index in [-0.39, 0.29) is 0 Å². The quantitative estimate of drug-likeness (QED) is 0.593. The van der Waals surface area contributed by atoms with Gasteiger partial charge in [-0.15, -0.1) is 0 Å². The van der Waals surface area contributed by atoms with Crippen molar-refractivity contribution in [1.29, 1.82) is 0 Å². The van der Waals surface area contributed by atoms with Crippen LogP contribution in [-0.4, -0.2) is 37.1 Å². The lowest BCUT2D eigenvalue weighted by Crippen LogP contribution is -2.49. The summed E-state index contributed by atoms with van der Waals surface area (Å²) >= 11 is 0. The Hall–Kier alpha value is -0.340. The van der Waals surface area contributed by atoms with E-state index < -0.39 is 0 Å². The second-order valence-electron chi connectivity index (χ2n) is 3.12. The van der Waals surface area contributed by atoms with Crippen molar-refractivity contribution >= 4 is 0 Å². The van der Waals surface area contributed by atoms with Gasteiger partial charge in [-0.2, -0.15) is 0 Å². The molecule has 1 aliphatic heterocycles. The predicted molar refractivity (Wildman–Crippen MR) is 48.7 cm³/mol. The molecule has 1 atom stereocenters. The Morgan fingerprint density at radius 2 is 2.45 bits per heavy atom. The summed E-state index contributed by atoms with van der Waals surface area (Å²) < 4.78 is 0. The first-order chi connectivity index (χ1) is 5.34. The van der Waals surface area contributed by atoms with Crippen molar-refractivity contribution in [2.75, 3.05) is 26.2 Å². The highest BCUT2D eigenvalue weighted by Crippen LogP contribution is 2.01. The van der Waals surface area contributed by atoms with Gasteiger partial charge >= 0.3 is 0 Å². The third-order valence-electron chi connectivity index (χ3n) is 2.21. The van der Waals surface area contributed by atoms with Gasteiger partial charge in [0.2, 0.25) is 0 Å². The van der Waals surface area contributed by atoms with Crippen LogP contribution in [-0.2, 0) is 0 Å². The van der Waals surface area contributed by atoms with Crippen LogP contribution >= 0.6 is 0 Å². The number of allylic oxidation sites excluding steroid dienone is 1. The van der Waals surface area contributed by atoms with E-state index in [9.17, 15) is 0 Å². The highest BCUT2D eigenvalue weighted by atomic mass is 15.2. The number of nitrogens with one attached hydrogen (secondary N) is 1. The lowest BCUT2D eigenvalue weighted by atomic mass is 10.2. The summed E-state index contributed by atoms with van der Waals surface area (Å²) in [5, 5.41) is 3.38. The lowest BCUT2D eigenvalue weighted by Gasteiger charge is -2.32. The molecule has 64 valence electrons. The molecule has 11 heavy (non-hydrogen) atoms. The predicted octanol–water partition coefficient (Wildman–Crippen LogP) is 0.856. The van der Waals surface area contributed by atoms with Crippen LogP contribution in [0.1, 0.15) is 13.8 Å². The minimum absolute atomic E-state index is 0.694. The molecule has 0 aromatic carbocycles. The molecule has 1 heterocycles. The maximum absolute atomic E-state index is 3.38. The third kappa shape index (κ3) is 2.64. The topological polar surface area (TPSA) is 15.3 Å². The molecule has 0 aromatic heterocycles. The fraction of sp³-hybridized carbons (Fsp3) is 0.778. The van der Waals surface area contributed by atoms with Crippen molar-refractivity contribution in [2.24, 2.45) is 0 Å². The van der Waals surface area contributed by atoms with Crippen LogP contribution in [0, 0.1) is 0 Å². The van der Waals surface area contributed by atoms with E-state index in [4.69, 9.17) is 0 Å². The Morgan fingerprint density at radius 3 is 3.09 bits per heavy atom. The molecule has 1 unspecified atom stereocenters. The Kier molecular flexibility index (Phi) is 3.60. The average molecular weight is 154 g/mol. The van der Waals surface area contributed by atoms with Crippen LogP contribution in [0.25, 0.3) is 0 Å². The Morgan fingerprint density at radius 1 is 1.64 bits per heavy atom. The van der Waals surface area contributed by atoms with Gasteiger partial charge in [-0.25, -0.2) is 0 Å². The van der Waals surface area contributed by atoms with Gasteiger partial charge < -0.3 is 5.32 Å². The van der Waals surface area contributed by atoms with Crippen LogP contribution < -0.4 is 5.32 Å². The normalized spacial score (nSPS) is 28.0. The fourth-order valence-electron chi connectivity index (χ4n) is 1.40. The number of rotatable bonds is 2. The van der Waals surface area contributed by atoms with Crippen LogP contribution in [0.5, 0.6) is 0 Å². The van der Waals surface area contributed by atoms with Crippen LogP contribution in [0.3, 0.4) is 0 Å². The first-order valence-corrected chi connectivity index (χ1v) is 4.40. The Labute approximate surface area is 69.3 Å². The molecule has 0 bridgehead atoms. The molecule has 2 nitrogen and oxygen atoms in total. The summed E-state index contributed by atoms with van der Waals surface area (Å²) in [6.45, 7) is 8.92. The fourth-order valence-corrected chi connectivity index (χ4v) is 1.40. The molecule has 1 fully saturated rings. The minimum Gasteiger partial charge on any atom is -0.314 e. The van der Waals surface area contributed by atoms with E-state index in [0.717, 1.165) is 19.6 Å². The van der Waals surface area contributed by atoms with Crippen molar-refractivity contribution in [3.8, 4) is 0 Å². The van der Waals surface area contributed by atoms with Crippen molar-refractivity contribution < 1.29 is 0 Å². The van der Waals surface area contributed by atoms with Gasteiger partial charge in [0.15, 0.2) is 0 Å². The Bertz CT molecular complexity index is 132. The zero-order chi connectivity index (χ0) is 8.10. The van der Waals surface area contributed by atoms with Crippen molar-refractivity contribution in [3.05, 3.63) is 12.2 Å². The minimum atomic E-state index is 0.694. The molecule has 0 spiro atoms. The third-order valence-corrected chi connectivity index (χ3v) is 2.21. The monoisotopic (exact) mass is 154 g/mol. The highest BCUT2D eigenvalue weighted by Gasteiger charge is 2.15. The summed E-state index contributed by atoms with van der Waals surface area (Å²) in [4.78, 5) is 2.50. The average Bonchev–Trinajstić information content (AvgIpc) is 2.03. The van der Waals surface area contributed by atoms with E-state index >= 15 is 0 Å². The van der Waals surface area contributed by atoms with Gasteiger partial charge in [0.05, 0.1) is 0 Å². The molecule has 1 N–H and O–H groups in total.